The van der Waals surface area contributed by atoms with Crippen LogP contribution < -0.4 is 10.1 Å². The zero-order chi connectivity index (χ0) is 15.1. The highest BCUT2D eigenvalue weighted by molar-refractivity contribution is 5.50. The minimum Gasteiger partial charge on any atom is -0.474 e. The van der Waals surface area contributed by atoms with Gasteiger partial charge in [0.05, 0.1) is 11.7 Å². The van der Waals surface area contributed by atoms with Gasteiger partial charge < -0.3 is 10.1 Å². The molecule has 0 radical (unpaired) electrons. The average Bonchev–Trinajstić information content (AvgIpc) is 2.34. The van der Waals surface area contributed by atoms with E-state index in [1.165, 1.54) is 0 Å². The van der Waals surface area contributed by atoms with Crippen LogP contribution in [-0.4, -0.2) is 22.6 Å². The number of anilines is 1. The first-order valence-electron chi connectivity index (χ1n) is 7.71. The summed E-state index contributed by atoms with van der Waals surface area (Å²) in [6.07, 6.45) is 3.85. The van der Waals surface area contributed by atoms with Crippen molar-refractivity contribution in [2.45, 2.75) is 66.4 Å². The summed E-state index contributed by atoms with van der Waals surface area (Å²) >= 11 is 0. The molecule has 1 atom stereocenters. The third kappa shape index (κ3) is 4.99. The molecular formula is C16H29N3O. The second-order valence-electron chi connectivity index (χ2n) is 6.08. The van der Waals surface area contributed by atoms with Gasteiger partial charge in [-0.1, -0.05) is 34.6 Å². The molecule has 0 bridgehead atoms. The molecule has 0 amide bonds. The molecule has 0 saturated heterocycles. The molecule has 0 aliphatic rings. The van der Waals surface area contributed by atoms with E-state index in [9.17, 15) is 0 Å². The van der Waals surface area contributed by atoms with Gasteiger partial charge in [0.25, 0.3) is 0 Å². The van der Waals surface area contributed by atoms with Gasteiger partial charge in [-0.15, -0.1) is 0 Å². The normalized spacial score (nSPS) is 12.8. The van der Waals surface area contributed by atoms with Crippen molar-refractivity contribution in [3.05, 3.63) is 11.9 Å². The lowest BCUT2D eigenvalue weighted by Crippen LogP contribution is -2.18. The summed E-state index contributed by atoms with van der Waals surface area (Å²) in [5.74, 6) is 2.58. The number of hydrogen-bond acceptors (Lipinski definition) is 4. The fourth-order valence-corrected chi connectivity index (χ4v) is 2.28. The molecule has 0 saturated carbocycles. The highest BCUT2D eigenvalue weighted by atomic mass is 16.5. The Morgan fingerprint density at radius 3 is 2.40 bits per heavy atom. The minimum absolute atomic E-state index is 0.168. The number of nitrogens with one attached hydrogen (secondary N) is 1. The predicted molar refractivity (Wildman–Crippen MR) is 84.4 cm³/mol. The van der Waals surface area contributed by atoms with Crippen molar-refractivity contribution in [2.24, 2.45) is 5.92 Å². The molecule has 1 rings (SSSR count). The van der Waals surface area contributed by atoms with E-state index in [0.29, 0.717) is 11.8 Å². The first-order valence-corrected chi connectivity index (χ1v) is 7.71. The molecule has 1 unspecified atom stereocenters. The number of nitrogens with zero attached hydrogens (tertiary/aromatic N) is 2. The molecule has 0 aliphatic heterocycles. The van der Waals surface area contributed by atoms with Crippen LogP contribution in [0.15, 0.2) is 6.33 Å². The van der Waals surface area contributed by atoms with Crippen molar-refractivity contribution >= 4 is 5.82 Å². The molecule has 1 N–H and O–H groups in total. The number of rotatable bonds is 8. The third-order valence-electron chi connectivity index (χ3n) is 3.08. The molecule has 1 aromatic heterocycles. The van der Waals surface area contributed by atoms with Crippen LogP contribution in [0, 0.1) is 5.92 Å². The first-order chi connectivity index (χ1) is 9.45. The van der Waals surface area contributed by atoms with Gasteiger partial charge in [0, 0.05) is 6.54 Å². The highest BCUT2D eigenvalue weighted by Crippen LogP contribution is 2.31. The van der Waals surface area contributed by atoms with E-state index in [1.54, 1.807) is 6.33 Å². The molecule has 1 heterocycles. The molecule has 4 heteroatoms. The Bertz CT molecular complexity index is 405. The van der Waals surface area contributed by atoms with Crippen molar-refractivity contribution in [3.8, 4) is 5.88 Å². The summed E-state index contributed by atoms with van der Waals surface area (Å²) in [5.41, 5.74) is 1.08. The van der Waals surface area contributed by atoms with Crippen LogP contribution in [0.2, 0.25) is 0 Å². The SMILES string of the molecule is CCCNc1ncnc(OC(C)CC(C)C)c1C(C)C. The Hall–Kier alpha value is -1.32. The first kappa shape index (κ1) is 16.7. The summed E-state index contributed by atoms with van der Waals surface area (Å²) in [6.45, 7) is 13.9. The van der Waals surface area contributed by atoms with E-state index in [-0.39, 0.29) is 6.10 Å². The molecule has 20 heavy (non-hydrogen) atoms. The van der Waals surface area contributed by atoms with Crippen LogP contribution in [0.3, 0.4) is 0 Å². The van der Waals surface area contributed by atoms with Gasteiger partial charge in [0.1, 0.15) is 12.1 Å². The molecule has 114 valence electrons. The largest absolute Gasteiger partial charge is 0.474 e. The van der Waals surface area contributed by atoms with Crippen LogP contribution in [0.4, 0.5) is 5.82 Å². The zero-order valence-electron chi connectivity index (χ0n) is 13.7. The second-order valence-corrected chi connectivity index (χ2v) is 6.08. The number of hydrogen-bond donors (Lipinski definition) is 1. The molecule has 0 spiro atoms. The van der Waals surface area contributed by atoms with E-state index < -0.39 is 0 Å². The smallest absolute Gasteiger partial charge is 0.222 e. The Morgan fingerprint density at radius 2 is 1.85 bits per heavy atom. The van der Waals surface area contributed by atoms with E-state index in [4.69, 9.17) is 4.74 Å². The minimum atomic E-state index is 0.168. The summed E-state index contributed by atoms with van der Waals surface area (Å²) in [5, 5.41) is 3.37. The maximum absolute atomic E-state index is 6.05. The van der Waals surface area contributed by atoms with Crippen molar-refractivity contribution in [2.75, 3.05) is 11.9 Å². The van der Waals surface area contributed by atoms with Gasteiger partial charge in [-0.3, -0.25) is 0 Å². The molecular weight excluding hydrogens is 250 g/mol. The standard InChI is InChI=1S/C16H29N3O/c1-7-8-17-15-14(12(4)5)16(19-10-18-15)20-13(6)9-11(2)3/h10-13H,7-9H2,1-6H3,(H,17,18,19). The Morgan fingerprint density at radius 1 is 1.15 bits per heavy atom. The fraction of sp³-hybridized carbons (Fsp3) is 0.750. The Balaban J connectivity index is 2.94. The quantitative estimate of drug-likeness (QED) is 0.773. The van der Waals surface area contributed by atoms with Crippen LogP contribution in [-0.2, 0) is 0 Å². The van der Waals surface area contributed by atoms with E-state index in [0.717, 1.165) is 36.6 Å². The predicted octanol–water partition coefficient (Wildman–Crippen LogP) is 4.24. The van der Waals surface area contributed by atoms with Gasteiger partial charge in [-0.2, -0.15) is 0 Å². The summed E-state index contributed by atoms with van der Waals surface area (Å²) in [7, 11) is 0. The topological polar surface area (TPSA) is 47.0 Å². The van der Waals surface area contributed by atoms with Crippen LogP contribution >= 0.6 is 0 Å². The van der Waals surface area contributed by atoms with E-state index in [2.05, 4.69) is 56.8 Å². The number of aromatic nitrogens is 2. The van der Waals surface area contributed by atoms with Crippen LogP contribution in [0.5, 0.6) is 5.88 Å². The van der Waals surface area contributed by atoms with Crippen molar-refractivity contribution in [1.29, 1.82) is 0 Å². The molecule has 0 aromatic carbocycles. The third-order valence-corrected chi connectivity index (χ3v) is 3.08. The van der Waals surface area contributed by atoms with E-state index in [1.807, 2.05) is 0 Å². The maximum atomic E-state index is 6.05. The molecule has 0 fully saturated rings. The maximum Gasteiger partial charge on any atom is 0.222 e. The van der Waals surface area contributed by atoms with Crippen LogP contribution in [0.1, 0.15) is 65.9 Å². The highest BCUT2D eigenvalue weighted by Gasteiger charge is 2.18. The summed E-state index contributed by atoms with van der Waals surface area (Å²) in [4.78, 5) is 8.71. The van der Waals surface area contributed by atoms with Crippen molar-refractivity contribution in [1.82, 2.24) is 9.97 Å². The van der Waals surface area contributed by atoms with Crippen LogP contribution in [0.25, 0.3) is 0 Å². The fourth-order valence-electron chi connectivity index (χ4n) is 2.28. The number of ether oxygens (including phenoxy) is 1. The van der Waals surface area contributed by atoms with Gasteiger partial charge in [-0.05, 0) is 31.6 Å². The molecule has 4 nitrogen and oxygen atoms in total. The van der Waals surface area contributed by atoms with E-state index >= 15 is 0 Å². The summed E-state index contributed by atoms with van der Waals surface area (Å²) in [6, 6.07) is 0. The van der Waals surface area contributed by atoms with Crippen molar-refractivity contribution in [3.63, 3.8) is 0 Å². The van der Waals surface area contributed by atoms with Gasteiger partial charge in [-0.25, -0.2) is 9.97 Å². The lowest BCUT2D eigenvalue weighted by molar-refractivity contribution is 0.183. The zero-order valence-corrected chi connectivity index (χ0v) is 13.7. The average molecular weight is 279 g/mol. The molecule has 0 aliphatic carbocycles. The lowest BCUT2D eigenvalue weighted by Gasteiger charge is -2.21. The lowest BCUT2D eigenvalue weighted by atomic mass is 10.0. The monoisotopic (exact) mass is 279 g/mol. The van der Waals surface area contributed by atoms with Crippen molar-refractivity contribution < 1.29 is 4.74 Å². The van der Waals surface area contributed by atoms with Gasteiger partial charge >= 0.3 is 0 Å². The Kier molecular flexibility index (Phi) is 6.76. The van der Waals surface area contributed by atoms with Gasteiger partial charge in [0.15, 0.2) is 0 Å². The Labute approximate surface area is 123 Å². The van der Waals surface area contributed by atoms with Gasteiger partial charge in [0.2, 0.25) is 5.88 Å². The molecule has 1 aromatic rings. The second kappa shape index (κ2) is 8.08. The summed E-state index contributed by atoms with van der Waals surface area (Å²) < 4.78 is 6.05.